The molecule has 1 aliphatic rings. The molecule has 5 rings (SSSR count). The molecule has 30 heavy (non-hydrogen) atoms. The number of nitrogens with zero attached hydrogens (tertiary/aromatic N) is 6. The number of hydrogen-bond donors (Lipinski definition) is 1. The molecule has 1 fully saturated rings. The fourth-order valence-corrected chi connectivity index (χ4v) is 4.34. The van der Waals surface area contributed by atoms with Crippen LogP contribution in [0.1, 0.15) is 36.0 Å². The van der Waals surface area contributed by atoms with Crippen LogP contribution in [0, 0.1) is 13.8 Å². The molecule has 0 bridgehead atoms. The minimum absolute atomic E-state index is 0.0479. The highest BCUT2D eigenvalue weighted by Crippen LogP contribution is 2.36. The van der Waals surface area contributed by atoms with Gasteiger partial charge in [0, 0.05) is 35.9 Å². The van der Waals surface area contributed by atoms with Gasteiger partial charge in [0.25, 0.3) is 0 Å². The summed E-state index contributed by atoms with van der Waals surface area (Å²) in [6.45, 7) is 4.81. The minimum Gasteiger partial charge on any atom is -0.358 e. The second-order valence-electron chi connectivity index (χ2n) is 7.29. The van der Waals surface area contributed by atoms with Gasteiger partial charge in [0.2, 0.25) is 5.95 Å². The summed E-state index contributed by atoms with van der Waals surface area (Å²) in [5.41, 5.74) is 3.42. The van der Waals surface area contributed by atoms with Gasteiger partial charge in [-0.15, -0.1) is 11.3 Å². The van der Waals surface area contributed by atoms with Crippen LogP contribution in [0.5, 0.6) is 0 Å². The van der Waals surface area contributed by atoms with Gasteiger partial charge in [0.15, 0.2) is 10.9 Å². The number of nitrogens with one attached hydrogen (secondary N) is 1. The number of rotatable bonds is 5. The van der Waals surface area contributed by atoms with Gasteiger partial charge in [0.05, 0.1) is 17.4 Å². The summed E-state index contributed by atoms with van der Waals surface area (Å²) in [4.78, 5) is 20.5. The van der Waals surface area contributed by atoms with Gasteiger partial charge in [-0.25, -0.2) is 9.97 Å². The average Bonchev–Trinajstić information content (AvgIpc) is 3.48. The molecule has 0 aromatic carbocycles. The molecule has 9 heteroatoms. The molecule has 152 valence electrons. The maximum atomic E-state index is 5.70. The van der Waals surface area contributed by atoms with Crippen molar-refractivity contribution in [2.45, 2.75) is 32.7 Å². The molecule has 4 aromatic heterocycles. The first kappa shape index (κ1) is 18.7. The van der Waals surface area contributed by atoms with Crippen molar-refractivity contribution in [1.82, 2.24) is 25.1 Å². The third kappa shape index (κ3) is 3.76. The normalized spacial score (nSPS) is 16.2. The van der Waals surface area contributed by atoms with Gasteiger partial charge in [-0.05, 0) is 38.8 Å². The number of anilines is 3. The van der Waals surface area contributed by atoms with E-state index >= 15 is 0 Å². The molecule has 0 aliphatic carbocycles. The van der Waals surface area contributed by atoms with Crippen molar-refractivity contribution in [2.24, 2.45) is 0 Å². The highest BCUT2D eigenvalue weighted by atomic mass is 32.1. The van der Waals surface area contributed by atoms with Crippen molar-refractivity contribution in [3.8, 4) is 11.4 Å². The Hall–Kier alpha value is -3.33. The van der Waals surface area contributed by atoms with Crippen LogP contribution in [0.25, 0.3) is 11.4 Å². The molecule has 5 heterocycles. The lowest BCUT2D eigenvalue weighted by molar-refractivity contribution is 0.362. The third-order valence-corrected chi connectivity index (χ3v) is 5.87. The van der Waals surface area contributed by atoms with Crippen LogP contribution < -0.4 is 10.2 Å². The minimum atomic E-state index is 0.0479. The molecule has 0 amide bonds. The summed E-state index contributed by atoms with van der Waals surface area (Å²) in [6, 6.07) is 9.70. The van der Waals surface area contributed by atoms with Crippen molar-refractivity contribution in [3.63, 3.8) is 0 Å². The van der Waals surface area contributed by atoms with E-state index in [2.05, 4.69) is 30.3 Å². The van der Waals surface area contributed by atoms with Crippen molar-refractivity contribution in [3.05, 3.63) is 59.1 Å². The SMILES string of the molecule is Cc1cc(Nc2nc(C)cs2)nc(N2CCC[C@H]2c2cc(-c3ccccn3)no2)n1. The zero-order valence-corrected chi connectivity index (χ0v) is 17.6. The van der Waals surface area contributed by atoms with Gasteiger partial charge in [-0.2, -0.15) is 4.98 Å². The topological polar surface area (TPSA) is 92.9 Å². The van der Waals surface area contributed by atoms with Gasteiger partial charge >= 0.3 is 0 Å². The van der Waals surface area contributed by atoms with Crippen LogP contribution in [0.4, 0.5) is 16.9 Å². The molecule has 1 saturated heterocycles. The maximum absolute atomic E-state index is 5.70. The predicted molar refractivity (Wildman–Crippen MR) is 116 cm³/mol. The lowest BCUT2D eigenvalue weighted by atomic mass is 10.1. The molecular weight excluding hydrogens is 398 g/mol. The van der Waals surface area contributed by atoms with Gasteiger partial charge < -0.3 is 14.7 Å². The summed E-state index contributed by atoms with van der Waals surface area (Å²) in [5, 5.41) is 10.4. The lowest BCUT2D eigenvalue weighted by Gasteiger charge is -2.23. The number of pyridine rings is 1. The molecule has 0 saturated carbocycles. The summed E-state index contributed by atoms with van der Waals surface area (Å²) in [5.74, 6) is 2.23. The predicted octanol–water partition coefficient (Wildman–Crippen LogP) is 4.69. The number of aromatic nitrogens is 5. The summed E-state index contributed by atoms with van der Waals surface area (Å²) >= 11 is 1.56. The zero-order valence-electron chi connectivity index (χ0n) is 16.7. The van der Waals surface area contributed by atoms with Gasteiger partial charge in [-0.1, -0.05) is 11.2 Å². The molecule has 1 N–H and O–H groups in total. The Labute approximate surface area is 178 Å². The maximum Gasteiger partial charge on any atom is 0.228 e. The Kier molecular flexibility index (Phi) is 4.88. The molecule has 1 atom stereocenters. The third-order valence-electron chi connectivity index (χ3n) is 4.99. The largest absolute Gasteiger partial charge is 0.358 e. The van der Waals surface area contributed by atoms with Crippen LogP contribution in [0.2, 0.25) is 0 Å². The first-order valence-electron chi connectivity index (χ1n) is 9.85. The highest BCUT2D eigenvalue weighted by molar-refractivity contribution is 7.13. The first-order chi connectivity index (χ1) is 14.7. The number of aryl methyl sites for hydroxylation is 2. The fraction of sp³-hybridized carbons (Fsp3) is 0.286. The van der Waals surface area contributed by atoms with E-state index in [1.807, 2.05) is 49.6 Å². The van der Waals surface area contributed by atoms with E-state index in [9.17, 15) is 0 Å². The second kappa shape index (κ2) is 7.83. The Morgan fingerprint density at radius 2 is 2.03 bits per heavy atom. The van der Waals surface area contributed by atoms with E-state index in [0.29, 0.717) is 5.95 Å². The Morgan fingerprint density at radius 1 is 1.10 bits per heavy atom. The molecule has 8 nitrogen and oxygen atoms in total. The van der Waals surface area contributed by atoms with Crippen molar-refractivity contribution < 1.29 is 4.52 Å². The van der Waals surface area contributed by atoms with E-state index in [0.717, 1.165) is 58.9 Å². The first-order valence-corrected chi connectivity index (χ1v) is 10.7. The Balaban J connectivity index is 1.42. The van der Waals surface area contributed by atoms with E-state index in [1.54, 1.807) is 17.5 Å². The van der Waals surface area contributed by atoms with E-state index in [-0.39, 0.29) is 6.04 Å². The summed E-state index contributed by atoms with van der Waals surface area (Å²) < 4.78 is 5.70. The highest BCUT2D eigenvalue weighted by Gasteiger charge is 2.32. The number of thiazole rings is 1. The van der Waals surface area contributed by atoms with Crippen molar-refractivity contribution in [1.29, 1.82) is 0 Å². The molecule has 4 aromatic rings. The molecule has 1 aliphatic heterocycles. The van der Waals surface area contributed by atoms with Crippen molar-refractivity contribution >= 4 is 28.2 Å². The van der Waals surface area contributed by atoms with Crippen LogP contribution >= 0.6 is 11.3 Å². The quantitative estimate of drug-likeness (QED) is 0.498. The van der Waals surface area contributed by atoms with Crippen LogP contribution in [0.3, 0.4) is 0 Å². The van der Waals surface area contributed by atoms with Gasteiger partial charge in [-0.3, -0.25) is 4.98 Å². The van der Waals surface area contributed by atoms with Gasteiger partial charge in [0.1, 0.15) is 11.5 Å². The molecule has 0 spiro atoms. The molecular formula is C21H21N7OS. The Morgan fingerprint density at radius 3 is 2.83 bits per heavy atom. The second-order valence-corrected chi connectivity index (χ2v) is 8.15. The number of hydrogen-bond acceptors (Lipinski definition) is 9. The zero-order chi connectivity index (χ0) is 20.5. The Bertz CT molecular complexity index is 1160. The summed E-state index contributed by atoms with van der Waals surface area (Å²) in [7, 11) is 0. The standard InChI is InChI=1S/C21H21N7OS/c1-13-10-19(26-21-24-14(2)12-30-21)25-20(23-13)28-9-5-7-17(28)18-11-16(27-29-18)15-6-3-4-8-22-15/h3-4,6,8,10-12,17H,5,7,9H2,1-2H3,(H,23,24,25,26)/t17-/m0/s1. The fourth-order valence-electron chi connectivity index (χ4n) is 3.65. The summed E-state index contributed by atoms with van der Waals surface area (Å²) in [6.07, 6.45) is 3.75. The molecule has 0 radical (unpaired) electrons. The monoisotopic (exact) mass is 419 g/mol. The van der Waals surface area contributed by atoms with Crippen LogP contribution in [-0.2, 0) is 0 Å². The average molecular weight is 420 g/mol. The molecule has 0 unspecified atom stereocenters. The van der Waals surface area contributed by atoms with Crippen LogP contribution in [-0.4, -0.2) is 31.6 Å². The van der Waals surface area contributed by atoms with Crippen LogP contribution in [0.15, 0.2) is 46.4 Å². The van der Waals surface area contributed by atoms with E-state index in [1.165, 1.54) is 0 Å². The van der Waals surface area contributed by atoms with Crippen molar-refractivity contribution in [2.75, 3.05) is 16.8 Å². The van der Waals surface area contributed by atoms with E-state index in [4.69, 9.17) is 9.51 Å². The smallest absolute Gasteiger partial charge is 0.228 e. The van der Waals surface area contributed by atoms with E-state index < -0.39 is 0 Å². The lowest BCUT2D eigenvalue weighted by Crippen LogP contribution is -2.25.